The van der Waals surface area contributed by atoms with Gasteiger partial charge in [0.25, 0.3) is 0 Å². The van der Waals surface area contributed by atoms with Crippen molar-refractivity contribution in [1.82, 2.24) is 0 Å². The molecule has 0 aliphatic carbocycles. The second kappa shape index (κ2) is 6.81. The molecular weight excluding hydrogens is 340 g/mol. The van der Waals surface area contributed by atoms with Crippen LogP contribution in [0.15, 0.2) is 30.3 Å². The van der Waals surface area contributed by atoms with Crippen molar-refractivity contribution in [3.63, 3.8) is 0 Å². The Labute approximate surface area is 135 Å². The number of aliphatic hydroxyl groups is 2. The average Bonchev–Trinajstić information content (AvgIpc) is 2.37. The molecule has 3 nitrogen and oxygen atoms in total. The molecule has 0 bridgehead atoms. The predicted octanol–water partition coefficient (Wildman–Crippen LogP) is 4.38. The largest absolute Gasteiger partial charge is 0.368 e. The van der Waals surface area contributed by atoms with E-state index in [4.69, 9.17) is 45.0 Å². The minimum Gasteiger partial charge on any atom is -0.368 e. The molecule has 0 unspecified atom stereocenters. The Hall–Kier alpha value is -1.04. The highest BCUT2D eigenvalue weighted by Crippen LogP contribution is 2.36. The van der Waals surface area contributed by atoms with E-state index in [0.29, 0.717) is 26.4 Å². The van der Waals surface area contributed by atoms with Gasteiger partial charge in [0.2, 0.25) is 0 Å². The maximum atomic E-state index is 13.6. The molecule has 2 rings (SSSR count). The number of nitrogens with one attached hydrogen (secondary N) is 1. The predicted molar refractivity (Wildman–Crippen MR) is 83.1 cm³/mol. The number of anilines is 2. The normalized spacial score (nSPS) is 11.0. The summed E-state index contributed by atoms with van der Waals surface area (Å²) in [6.07, 6.45) is -1.85. The average molecular weight is 351 g/mol. The molecule has 0 aliphatic heterocycles. The van der Waals surface area contributed by atoms with E-state index >= 15 is 0 Å². The van der Waals surface area contributed by atoms with Crippen LogP contribution in [0.3, 0.4) is 0 Å². The van der Waals surface area contributed by atoms with Gasteiger partial charge >= 0.3 is 0 Å². The van der Waals surface area contributed by atoms with Gasteiger partial charge in [-0.25, -0.2) is 4.39 Å². The molecule has 3 N–H and O–H groups in total. The number of hydrogen-bond donors (Lipinski definition) is 3. The highest BCUT2D eigenvalue weighted by molar-refractivity contribution is 6.41. The van der Waals surface area contributed by atoms with Crippen molar-refractivity contribution in [2.24, 2.45) is 0 Å². The summed E-state index contributed by atoms with van der Waals surface area (Å²) in [4.78, 5) is 0. The van der Waals surface area contributed by atoms with Crippen molar-refractivity contribution in [3.05, 3.63) is 56.8 Å². The van der Waals surface area contributed by atoms with E-state index in [1.165, 1.54) is 30.3 Å². The van der Waals surface area contributed by atoms with E-state index in [9.17, 15) is 4.39 Å². The van der Waals surface area contributed by atoms with Crippen LogP contribution in [0.1, 0.15) is 5.56 Å². The van der Waals surface area contributed by atoms with Crippen molar-refractivity contribution in [3.8, 4) is 0 Å². The molecule has 112 valence electrons. The zero-order chi connectivity index (χ0) is 15.6. The first kappa shape index (κ1) is 16.3. The van der Waals surface area contributed by atoms with Crippen molar-refractivity contribution >= 4 is 46.2 Å². The van der Waals surface area contributed by atoms with E-state index < -0.39 is 12.1 Å². The molecule has 0 saturated carbocycles. The SMILES string of the molecule is OC(O)Cc1cc(Nc2c(Cl)cc(Cl)cc2Cl)ccc1F. The number of rotatable bonds is 4. The number of aliphatic hydroxyl groups excluding tert-OH is 1. The smallest absolute Gasteiger partial charge is 0.155 e. The highest BCUT2D eigenvalue weighted by atomic mass is 35.5. The van der Waals surface area contributed by atoms with Crippen molar-refractivity contribution in [1.29, 1.82) is 0 Å². The van der Waals surface area contributed by atoms with E-state index in [-0.39, 0.29) is 12.0 Å². The van der Waals surface area contributed by atoms with Crippen molar-refractivity contribution in [2.45, 2.75) is 12.7 Å². The van der Waals surface area contributed by atoms with Crippen LogP contribution in [0.4, 0.5) is 15.8 Å². The molecule has 0 saturated heterocycles. The van der Waals surface area contributed by atoms with E-state index in [2.05, 4.69) is 5.32 Å². The second-order valence-corrected chi connectivity index (χ2v) is 5.61. The van der Waals surface area contributed by atoms with Gasteiger partial charge in [0.1, 0.15) is 5.82 Å². The fraction of sp³-hybridized carbons (Fsp3) is 0.143. The highest BCUT2D eigenvalue weighted by Gasteiger charge is 2.11. The van der Waals surface area contributed by atoms with E-state index in [1.807, 2.05) is 0 Å². The minimum atomic E-state index is -1.63. The fourth-order valence-electron chi connectivity index (χ4n) is 1.81. The maximum absolute atomic E-state index is 13.6. The summed E-state index contributed by atoms with van der Waals surface area (Å²) in [6.45, 7) is 0. The van der Waals surface area contributed by atoms with Crippen LogP contribution < -0.4 is 5.32 Å². The monoisotopic (exact) mass is 349 g/mol. The van der Waals surface area contributed by atoms with Gasteiger partial charge in [-0.3, -0.25) is 0 Å². The summed E-state index contributed by atoms with van der Waals surface area (Å²) >= 11 is 17.9. The molecule has 0 radical (unpaired) electrons. The molecule has 0 fully saturated rings. The summed E-state index contributed by atoms with van der Waals surface area (Å²) in [5.41, 5.74) is 1.11. The Morgan fingerprint density at radius 2 is 1.67 bits per heavy atom. The molecule has 2 aromatic rings. The molecule has 2 aromatic carbocycles. The molecule has 0 atom stereocenters. The lowest BCUT2D eigenvalue weighted by Crippen LogP contribution is -2.10. The molecule has 7 heteroatoms. The lowest BCUT2D eigenvalue weighted by atomic mass is 10.1. The summed E-state index contributed by atoms with van der Waals surface area (Å²) in [5, 5.41) is 21.9. The lowest BCUT2D eigenvalue weighted by Gasteiger charge is -2.13. The zero-order valence-electron chi connectivity index (χ0n) is 10.6. The first-order chi connectivity index (χ1) is 9.86. The zero-order valence-corrected chi connectivity index (χ0v) is 12.8. The van der Waals surface area contributed by atoms with E-state index in [0.717, 1.165) is 0 Å². The Kier molecular flexibility index (Phi) is 5.30. The van der Waals surface area contributed by atoms with Crippen molar-refractivity contribution in [2.75, 3.05) is 5.32 Å². The first-order valence-electron chi connectivity index (χ1n) is 5.93. The van der Waals surface area contributed by atoms with Crippen LogP contribution in [-0.4, -0.2) is 16.5 Å². The Balaban J connectivity index is 2.32. The first-order valence-corrected chi connectivity index (χ1v) is 7.06. The van der Waals surface area contributed by atoms with Gasteiger partial charge in [0.15, 0.2) is 6.29 Å². The standard InChI is InChI=1S/C14H11Cl3FNO2/c15-8-5-10(16)14(11(17)6-8)19-9-1-2-12(18)7(3-9)4-13(20)21/h1-3,5-6,13,19-21H,4H2. The van der Waals surface area contributed by atoms with Crippen molar-refractivity contribution < 1.29 is 14.6 Å². The third-order valence-electron chi connectivity index (χ3n) is 2.72. The Morgan fingerprint density at radius 3 is 2.24 bits per heavy atom. The van der Waals surface area contributed by atoms with Crippen LogP contribution >= 0.6 is 34.8 Å². The lowest BCUT2D eigenvalue weighted by molar-refractivity contribution is -0.0386. The van der Waals surface area contributed by atoms with Gasteiger partial charge < -0.3 is 15.5 Å². The fourth-order valence-corrected chi connectivity index (χ4v) is 2.72. The van der Waals surface area contributed by atoms with Gasteiger partial charge in [-0.05, 0) is 35.9 Å². The third-order valence-corrected chi connectivity index (χ3v) is 3.54. The van der Waals surface area contributed by atoms with Crippen LogP contribution in [0.5, 0.6) is 0 Å². The summed E-state index contributed by atoms with van der Waals surface area (Å²) < 4.78 is 13.6. The Bertz CT molecular complexity index is 642. The second-order valence-electron chi connectivity index (χ2n) is 4.36. The minimum absolute atomic E-state index is 0.163. The molecule has 0 aromatic heterocycles. The van der Waals surface area contributed by atoms with E-state index in [1.54, 1.807) is 0 Å². The number of hydrogen-bond acceptors (Lipinski definition) is 3. The molecule has 0 heterocycles. The van der Waals surface area contributed by atoms with Crippen LogP contribution in [0.2, 0.25) is 15.1 Å². The Morgan fingerprint density at radius 1 is 1.05 bits per heavy atom. The number of halogens is 4. The summed E-state index contributed by atoms with van der Waals surface area (Å²) in [6, 6.07) is 7.22. The molecule has 0 spiro atoms. The summed E-state index contributed by atoms with van der Waals surface area (Å²) in [7, 11) is 0. The topological polar surface area (TPSA) is 52.5 Å². The van der Waals surface area contributed by atoms with Gasteiger partial charge in [-0.1, -0.05) is 34.8 Å². The van der Waals surface area contributed by atoms with Crippen LogP contribution in [0.25, 0.3) is 0 Å². The number of benzene rings is 2. The summed E-state index contributed by atoms with van der Waals surface area (Å²) in [5.74, 6) is -0.526. The van der Waals surface area contributed by atoms with Gasteiger partial charge in [-0.2, -0.15) is 0 Å². The van der Waals surface area contributed by atoms with Crippen LogP contribution in [-0.2, 0) is 6.42 Å². The van der Waals surface area contributed by atoms with Gasteiger partial charge in [-0.15, -0.1) is 0 Å². The third kappa shape index (κ3) is 4.22. The molecule has 0 aliphatic rings. The molecule has 21 heavy (non-hydrogen) atoms. The van der Waals surface area contributed by atoms with Gasteiger partial charge in [0.05, 0.1) is 15.7 Å². The quantitative estimate of drug-likeness (QED) is 0.717. The van der Waals surface area contributed by atoms with Crippen LogP contribution in [0, 0.1) is 5.82 Å². The molecule has 0 amide bonds. The maximum Gasteiger partial charge on any atom is 0.155 e. The van der Waals surface area contributed by atoms with Gasteiger partial charge in [0, 0.05) is 17.1 Å². The molecular formula is C14H11Cl3FNO2.